The molecule has 23 heavy (non-hydrogen) atoms. The van der Waals surface area contributed by atoms with Gasteiger partial charge in [-0.1, -0.05) is 90.4 Å². The quantitative estimate of drug-likeness (QED) is 0.275. The molecule has 0 atom stereocenters. The largest absolute Gasteiger partial charge is 1.00 e. The molecule has 0 fully saturated rings. The molecule has 0 unspecified atom stereocenters. The average Bonchev–Trinajstić information content (AvgIpc) is 2.45. The van der Waals surface area contributed by atoms with E-state index in [2.05, 4.69) is 40.3 Å². The van der Waals surface area contributed by atoms with Crippen LogP contribution < -0.4 is 17.0 Å². The van der Waals surface area contributed by atoms with Gasteiger partial charge in [0.05, 0.1) is 27.3 Å². The zero-order valence-electron chi connectivity index (χ0n) is 16.6. The van der Waals surface area contributed by atoms with Crippen LogP contribution in [0.4, 0.5) is 0 Å². The van der Waals surface area contributed by atoms with Crippen molar-refractivity contribution in [3.05, 3.63) is 12.3 Å². The highest BCUT2D eigenvalue weighted by Gasteiger charge is 1.98. The first-order valence-corrected chi connectivity index (χ1v) is 10.0. The molecule has 0 radical (unpaired) electrons. The second kappa shape index (κ2) is 18.5. The molecular formula is C21H44BrN. The number of hydrogen-bond acceptors (Lipinski definition) is 0. The normalized spacial score (nSPS) is 11.8. The zero-order chi connectivity index (χ0) is 16.5. The third kappa shape index (κ3) is 24.6. The topological polar surface area (TPSA) is 0 Å². The zero-order valence-corrected chi connectivity index (χ0v) is 18.2. The van der Waals surface area contributed by atoms with Gasteiger partial charge in [0.15, 0.2) is 0 Å². The highest BCUT2D eigenvalue weighted by atomic mass is 79.9. The van der Waals surface area contributed by atoms with E-state index < -0.39 is 0 Å². The molecule has 0 aliphatic heterocycles. The smallest absolute Gasteiger partial charge is 0.0911 e. The SMILES string of the molecule is CCCCCCCCCCCCCCCCC=C[N+](C)(C)C.[Br-]. The Balaban J connectivity index is 0. The van der Waals surface area contributed by atoms with Gasteiger partial charge < -0.3 is 21.5 Å². The van der Waals surface area contributed by atoms with Crippen LogP contribution in [0.5, 0.6) is 0 Å². The minimum Gasteiger partial charge on any atom is -1.00 e. The molecule has 0 N–H and O–H groups in total. The monoisotopic (exact) mass is 389 g/mol. The van der Waals surface area contributed by atoms with E-state index in [-0.39, 0.29) is 17.0 Å². The molecule has 0 aromatic heterocycles. The van der Waals surface area contributed by atoms with E-state index in [0.717, 1.165) is 4.48 Å². The highest BCUT2D eigenvalue weighted by Crippen LogP contribution is 2.13. The van der Waals surface area contributed by atoms with Crippen LogP contribution in [0.3, 0.4) is 0 Å². The van der Waals surface area contributed by atoms with Crippen LogP contribution in [0, 0.1) is 0 Å². The maximum Gasteiger partial charge on any atom is 0.0911 e. The maximum atomic E-state index is 2.35. The summed E-state index contributed by atoms with van der Waals surface area (Å²) in [4.78, 5) is 0. The van der Waals surface area contributed by atoms with Crippen molar-refractivity contribution in [1.82, 2.24) is 0 Å². The van der Waals surface area contributed by atoms with E-state index in [9.17, 15) is 0 Å². The average molecular weight is 390 g/mol. The number of nitrogens with zero attached hydrogens (tertiary/aromatic N) is 1. The molecule has 0 aliphatic rings. The minimum absolute atomic E-state index is 0. The second-order valence-electron chi connectivity index (χ2n) is 7.89. The van der Waals surface area contributed by atoms with Gasteiger partial charge >= 0.3 is 0 Å². The van der Waals surface area contributed by atoms with Gasteiger partial charge in [-0.15, -0.1) is 0 Å². The van der Waals surface area contributed by atoms with E-state index in [1.54, 1.807) is 0 Å². The molecule has 0 bridgehead atoms. The summed E-state index contributed by atoms with van der Waals surface area (Å²) in [6.07, 6.45) is 26.1. The molecule has 140 valence electrons. The molecule has 0 heterocycles. The van der Waals surface area contributed by atoms with Crippen LogP contribution >= 0.6 is 0 Å². The summed E-state index contributed by atoms with van der Waals surface area (Å²) in [5.41, 5.74) is 0. The summed E-state index contributed by atoms with van der Waals surface area (Å²) in [7, 11) is 6.63. The molecule has 0 saturated heterocycles. The number of unbranched alkanes of at least 4 members (excludes halogenated alkanes) is 14. The number of rotatable bonds is 16. The van der Waals surface area contributed by atoms with Crippen LogP contribution in [-0.2, 0) is 0 Å². The van der Waals surface area contributed by atoms with E-state index in [0.29, 0.717) is 0 Å². The Bertz CT molecular complexity index is 243. The van der Waals surface area contributed by atoms with Gasteiger partial charge in [-0.3, -0.25) is 0 Å². The van der Waals surface area contributed by atoms with Gasteiger partial charge in [0.1, 0.15) is 0 Å². The summed E-state index contributed by atoms with van der Waals surface area (Å²) >= 11 is 0. The lowest BCUT2D eigenvalue weighted by atomic mass is 10.0. The van der Waals surface area contributed by atoms with Crippen LogP contribution in [0.1, 0.15) is 103 Å². The third-order valence-corrected chi connectivity index (χ3v) is 4.28. The Morgan fingerprint density at radius 3 is 1.26 bits per heavy atom. The molecule has 0 rings (SSSR count). The first-order valence-electron chi connectivity index (χ1n) is 10.0. The second-order valence-corrected chi connectivity index (χ2v) is 7.89. The van der Waals surface area contributed by atoms with Gasteiger partial charge in [-0.25, -0.2) is 0 Å². The highest BCUT2D eigenvalue weighted by molar-refractivity contribution is 4.72. The van der Waals surface area contributed by atoms with Crippen molar-refractivity contribution in [1.29, 1.82) is 0 Å². The summed E-state index contributed by atoms with van der Waals surface area (Å²) in [6.45, 7) is 2.29. The minimum atomic E-state index is 0. The Labute approximate surface area is 158 Å². The molecule has 1 nitrogen and oxygen atoms in total. The molecule has 0 amide bonds. The summed E-state index contributed by atoms with van der Waals surface area (Å²) in [5, 5.41) is 0. The Morgan fingerprint density at radius 1 is 0.565 bits per heavy atom. The number of hydrogen-bond donors (Lipinski definition) is 0. The van der Waals surface area contributed by atoms with Crippen LogP contribution in [0.25, 0.3) is 0 Å². The lowest BCUT2D eigenvalue weighted by Gasteiger charge is -2.17. The standard InChI is InChI=1S/C21H44N.BrH/c1-5-6-7-8-9-10-11-12-13-14-15-16-17-18-19-20-21-22(2,3)4;/h20-21H,5-19H2,1-4H3;1H/q+1;/p-1. The molecule has 0 spiro atoms. The first kappa shape index (κ1) is 25.4. The van der Waals surface area contributed by atoms with Gasteiger partial charge in [-0.2, -0.15) is 0 Å². The Morgan fingerprint density at radius 2 is 0.913 bits per heavy atom. The van der Waals surface area contributed by atoms with Crippen molar-refractivity contribution in [2.24, 2.45) is 0 Å². The summed E-state index contributed by atoms with van der Waals surface area (Å²) in [5.74, 6) is 0. The van der Waals surface area contributed by atoms with Crippen LogP contribution in [0.15, 0.2) is 12.3 Å². The summed E-state index contributed by atoms with van der Waals surface area (Å²) in [6, 6.07) is 0. The number of quaternary nitrogens is 1. The van der Waals surface area contributed by atoms with Crippen molar-refractivity contribution in [3.8, 4) is 0 Å². The van der Waals surface area contributed by atoms with Crippen LogP contribution in [0.2, 0.25) is 0 Å². The third-order valence-electron chi connectivity index (χ3n) is 4.28. The van der Waals surface area contributed by atoms with E-state index in [1.165, 1.54) is 96.3 Å². The van der Waals surface area contributed by atoms with Gasteiger partial charge in [-0.05, 0) is 18.9 Å². The lowest BCUT2D eigenvalue weighted by Crippen LogP contribution is -3.00. The van der Waals surface area contributed by atoms with E-state index in [1.807, 2.05) is 0 Å². The molecule has 0 aromatic rings. The first-order chi connectivity index (χ1) is 10.6. The molecule has 2 heteroatoms. The fourth-order valence-corrected chi connectivity index (χ4v) is 2.85. The van der Waals surface area contributed by atoms with Crippen molar-refractivity contribution in [2.75, 3.05) is 21.1 Å². The van der Waals surface area contributed by atoms with Gasteiger partial charge in [0, 0.05) is 0 Å². The fourth-order valence-electron chi connectivity index (χ4n) is 2.85. The van der Waals surface area contributed by atoms with Crippen molar-refractivity contribution < 1.29 is 21.5 Å². The lowest BCUT2D eigenvalue weighted by molar-refractivity contribution is -0.817. The van der Waals surface area contributed by atoms with Crippen LogP contribution in [-0.4, -0.2) is 25.6 Å². The van der Waals surface area contributed by atoms with E-state index >= 15 is 0 Å². The van der Waals surface area contributed by atoms with E-state index in [4.69, 9.17) is 0 Å². The predicted octanol–water partition coefficient (Wildman–Crippen LogP) is 4.08. The van der Waals surface area contributed by atoms with Gasteiger partial charge in [0.25, 0.3) is 0 Å². The summed E-state index contributed by atoms with van der Waals surface area (Å²) < 4.78 is 0.943. The Kier molecular flexibility index (Phi) is 20.5. The maximum absolute atomic E-state index is 2.35. The van der Waals surface area contributed by atoms with Crippen molar-refractivity contribution in [2.45, 2.75) is 103 Å². The predicted molar refractivity (Wildman–Crippen MR) is 102 cm³/mol. The number of allylic oxidation sites excluding steroid dienone is 1. The molecule has 0 aromatic carbocycles. The fraction of sp³-hybridized carbons (Fsp3) is 0.905. The molecule has 0 aliphatic carbocycles. The molecular weight excluding hydrogens is 346 g/mol. The molecule has 0 saturated carbocycles. The number of halogens is 1. The van der Waals surface area contributed by atoms with Crippen molar-refractivity contribution >= 4 is 0 Å². The van der Waals surface area contributed by atoms with Crippen molar-refractivity contribution in [3.63, 3.8) is 0 Å². The van der Waals surface area contributed by atoms with Gasteiger partial charge in [0.2, 0.25) is 0 Å². The Hall–Kier alpha value is 0.180.